The van der Waals surface area contributed by atoms with E-state index in [-0.39, 0.29) is 5.78 Å². The van der Waals surface area contributed by atoms with Gasteiger partial charge in [-0.25, -0.2) is 17.9 Å². The number of benzene rings is 1. The highest BCUT2D eigenvalue weighted by atomic mass is 32.2. The summed E-state index contributed by atoms with van der Waals surface area (Å²) in [5, 5.41) is 5.78. The largest absolute Gasteiger partial charge is 0.287 e. The van der Waals surface area contributed by atoms with Gasteiger partial charge in [0.1, 0.15) is 0 Å². The minimum atomic E-state index is -3.50. The Morgan fingerprint density at radius 2 is 2.03 bits per heavy atom. The fraction of sp³-hybridized carbons (Fsp3) is 0.292. The lowest BCUT2D eigenvalue weighted by molar-refractivity contribution is 0.104. The van der Waals surface area contributed by atoms with Gasteiger partial charge in [0, 0.05) is 17.4 Å². The second-order valence-corrected chi connectivity index (χ2v) is 11.0. The SMILES string of the molecule is CCCCCC(C)S(=O)(=O)Nc1cccc(-c2ccnc3c(C(=O)c4cccs4)cnn23)c1. The summed E-state index contributed by atoms with van der Waals surface area (Å²) in [5.74, 6) is -0.122. The van der Waals surface area contributed by atoms with Gasteiger partial charge in [0.15, 0.2) is 5.65 Å². The van der Waals surface area contributed by atoms with Gasteiger partial charge in [-0.05, 0) is 43.0 Å². The fourth-order valence-corrected chi connectivity index (χ4v) is 5.47. The highest BCUT2D eigenvalue weighted by Crippen LogP contribution is 2.26. The van der Waals surface area contributed by atoms with Crippen LogP contribution in [0.15, 0.2) is 60.2 Å². The van der Waals surface area contributed by atoms with Crippen LogP contribution in [-0.2, 0) is 10.0 Å². The Labute approximate surface area is 197 Å². The van der Waals surface area contributed by atoms with Gasteiger partial charge in [-0.1, -0.05) is 44.4 Å². The first-order chi connectivity index (χ1) is 15.9. The Balaban J connectivity index is 1.62. The van der Waals surface area contributed by atoms with E-state index in [1.807, 2.05) is 17.5 Å². The Bertz CT molecular complexity index is 1360. The molecule has 0 aliphatic carbocycles. The van der Waals surface area contributed by atoms with Gasteiger partial charge < -0.3 is 0 Å². The van der Waals surface area contributed by atoms with Gasteiger partial charge >= 0.3 is 0 Å². The third-order valence-corrected chi connectivity index (χ3v) is 8.24. The smallest absolute Gasteiger partial charge is 0.235 e. The number of nitrogens with zero attached hydrogens (tertiary/aromatic N) is 3. The van der Waals surface area contributed by atoms with Crippen LogP contribution in [-0.4, -0.2) is 34.0 Å². The lowest BCUT2D eigenvalue weighted by Crippen LogP contribution is -2.25. The Morgan fingerprint density at radius 3 is 2.79 bits per heavy atom. The molecule has 0 aliphatic rings. The van der Waals surface area contributed by atoms with E-state index < -0.39 is 15.3 Å². The molecule has 33 heavy (non-hydrogen) atoms. The monoisotopic (exact) mass is 482 g/mol. The Kier molecular flexibility index (Phi) is 6.90. The van der Waals surface area contributed by atoms with E-state index in [1.54, 1.807) is 48.0 Å². The molecule has 0 radical (unpaired) electrons. The predicted octanol–water partition coefficient (Wildman–Crippen LogP) is 5.40. The van der Waals surface area contributed by atoms with Gasteiger partial charge in [-0.3, -0.25) is 9.52 Å². The molecule has 9 heteroatoms. The number of hydrogen-bond acceptors (Lipinski definition) is 6. The number of unbranched alkanes of at least 4 members (excludes halogenated alkanes) is 2. The van der Waals surface area contributed by atoms with Crippen molar-refractivity contribution in [3.05, 3.63) is 70.7 Å². The molecule has 4 aromatic rings. The van der Waals surface area contributed by atoms with E-state index in [4.69, 9.17) is 0 Å². The summed E-state index contributed by atoms with van der Waals surface area (Å²) in [6, 6.07) is 12.6. The van der Waals surface area contributed by atoms with E-state index in [1.165, 1.54) is 17.5 Å². The number of hydrogen-bond donors (Lipinski definition) is 1. The van der Waals surface area contributed by atoms with Gasteiger partial charge in [-0.15, -0.1) is 11.3 Å². The van der Waals surface area contributed by atoms with E-state index in [2.05, 4.69) is 21.7 Å². The summed E-state index contributed by atoms with van der Waals surface area (Å²) >= 11 is 1.37. The van der Waals surface area contributed by atoms with Crippen LogP contribution in [0.1, 0.15) is 54.8 Å². The maximum atomic E-state index is 12.8. The van der Waals surface area contributed by atoms with Gasteiger partial charge in [0.25, 0.3) is 0 Å². The van der Waals surface area contributed by atoms with E-state index in [9.17, 15) is 13.2 Å². The van der Waals surface area contributed by atoms with Crippen molar-refractivity contribution in [1.82, 2.24) is 14.6 Å². The number of anilines is 1. The van der Waals surface area contributed by atoms with Gasteiger partial charge in [-0.2, -0.15) is 5.10 Å². The average Bonchev–Trinajstić information content (AvgIpc) is 3.49. The van der Waals surface area contributed by atoms with Crippen LogP contribution in [0.25, 0.3) is 16.9 Å². The highest BCUT2D eigenvalue weighted by Gasteiger charge is 2.21. The molecule has 0 saturated carbocycles. The normalized spacial score (nSPS) is 12.7. The quantitative estimate of drug-likeness (QED) is 0.241. The third-order valence-electron chi connectivity index (χ3n) is 5.55. The van der Waals surface area contributed by atoms with Crippen LogP contribution >= 0.6 is 11.3 Å². The maximum absolute atomic E-state index is 12.8. The molecular weight excluding hydrogens is 456 g/mol. The summed E-state index contributed by atoms with van der Waals surface area (Å²) in [5.41, 5.74) is 2.85. The molecule has 1 N–H and O–H groups in total. The molecule has 1 atom stereocenters. The molecule has 3 heterocycles. The molecule has 0 aliphatic heterocycles. The summed E-state index contributed by atoms with van der Waals surface area (Å²) in [6.45, 7) is 3.84. The second kappa shape index (κ2) is 9.84. The molecule has 7 nitrogen and oxygen atoms in total. The first-order valence-corrected chi connectivity index (χ1v) is 13.4. The first kappa shape index (κ1) is 23.1. The zero-order valence-corrected chi connectivity index (χ0v) is 20.2. The molecule has 1 aromatic carbocycles. The molecule has 0 spiro atoms. The van der Waals surface area contributed by atoms with Crippen LogP contribution < -0.4 is 4.72 Å². The first-order valence-electron chi connectivity index (χ1n) is 10.9. The zero-order chi connectivity index (χ0) is 23.4. The van der Waals surface area contributed by atoms with E-state index in [0.29, 0.717) is 33.9 Å². The van der Waals surface area contributed by atoms with Crippen molar-refractivity contribution in [3.8, 4) is 11.3 Å². The number of carbonyl (C=O) groups excluding carboxylic acids is 1. The Morgan fingerprint density at radius 1 is 1.18 bits per heavy atom. The van der Waals surface area contributed by atoms with Gasteiger partial charge in [0.2, 0.25) is 15.8 Å². The maximum Gasteiger partial charge on any atom is 0.235 e. The summed E-state index contributed by atoms with van der Waals surface area (Å²) in [7, 11) is -3.50. The van der Waals surface area contributed by atoms with Crippen LogP contribution in [0.4, 0.5) is 5.69 Å². The zero-order valence-electron chi connectivity index (χ0n) is 18.6. The van der Waals surface area contributed by atoms with Crippen molar-refractivity contribution in [3.63, 3.8) is 0 Å². The summed E-state index contributed by atoms with van der Waals surface area (Å²) in [4.78, 5) is 17.8. The molecule has 0 bridgehead atoms. The van der Waals surface area contributed by atoms with Crippen molar-refractivity contribution >= 4 is 38.5 Å². The lowest BCUT2D eigenvalue weighted by Gasteiger charge is -2.15. The molecule has 172 valence electrons. The molecular formula is C24H26N4O3S2. The minimum Gasteiger partial charge on any atom is -0.287 e. The number of nitrogens with one attached hydrogen (secondary N) is 1. The van der Waals surface area contributed by atoms with Crippen molar-refractivity contribution < 1.29 is 13.2 Å². The van der Waals surface area contributed by atoms with Crippen molar-refractivity contribution in [1.29, 1.82) is 0 Å². The summed E-state index contributed by atoms with van der Waals surface area (Å²) in [6.07, 6.45) is 6.75. The standard InChI is InChI=1S/C24H26N4O3S2/c1-3-4-5-8-17(2)33(30,31)27-19-10-6-9-18(15-19)21-12-13-25-24-20(16-26-28(21)24)23(29)22-11-7-14-32-22/h6-7,9-17,27H,3-5,8H2,1-2H3. The number of ketones is 1. The third kappa shape index (κ3) is 4.99. The average molecular weight is 483 g/mol. The van der Waals surface area contributed by atoms with Crippen LogP contribution in [0.3, 0.4) is 0 Å². The highest BCUT2D eigenvalue weighted by molar-refractivity contribution is 7.93. The van der Waals surface area contributed by atoms with Crippen molar-refractivity contribution in [2.45, 2.75) is 44.8 Å². The fourth-order valence-electron chi connectivity index (χ4n) is 3.65. The Hall–Kier alpha value is -3.04. The van der Waals surface area contributed by atoms with Crippen LogP contribution in [0.5, 0.6) is 0 Å². The molecule has 0 fully saturated rings. The second-order valence-electron chi connectivity index (χ2n) is 7.96. The van der Waals surface area contributed by atoms with Crippen LogP contribution in [0, 0.1) is 0 Å². The topological polar surface area (TPSA) is 93.4 Å². The predicted molar refractivity (Wildman–Crippen MR) is 132 cm³/mol. The van der Waals surface area contributed by atoms with Crippen molar-refractivity contribution in [2.75, 3.05) is 4.72 Å². The van der Waals surface area contributed by atoms with E-state index >= 15 is 0 Å². The molecule has 4 rings (SSSR count). The summed E-state index contributed by atoms with van der Waals surface area (Å²) < 4.78 is 29.9. The van der Waals surface area contributed by atoms with Crippen LogP contribution in [0.2, 0.25) is 0 Å². The minimum absolute atomic E-state index is 0.122. The number of rotatable bonds is 10. The molecule has 0 amide bonds. The molecule has 0 saturated heterocycles. The van der Waals surface area contributed by atoms with Crippen molar-refractivity contribution in [2.24, 2.45) is 0 Å². The molecule has 3 aromatic heterocycles. The van der Waals surface area contributed by atoms with Gasteiger partial charge in [0.05, 0.1) is 27.6 Å². The number of aromatic nitrogens is 3. The number of thiophene rings is 1. The van der Waals surface area contributed by atoms with E-state index in [0.717, 1.165) is 24.8 Å². The number of fused-ring (bicyclic) bond motifs is 1. The molecule has 1 unspecified atom stereocenters. The lowest BCUT2D eigenvalue weighted by atomic mass is 10.1. The number of carbonyl (C=O) groups is 1. The number of sulfonamides is 1.